The molecule has 56 heavy (non-hydrogen) atoms. The lowest BCUT2D eigenvalue weighted by atomic mass is 9.90. The zero-order valence-corrected chi connectivity index (χ0v) is 29.9. The zero-order chi connectivity index (χ0) is 40.7. The minimum absolute atomic E-state index is 0.0276. The second kappa shape index (κ2) is 17.5. The quantitative estimate of drug-likeness (QED) is 0.0527. The van der Waals surface area contributed by atoms with Crippen LogP contribution in [0.2, 0.25) is 0 Å². The number of nitrogens with one attached hydrogen (secondary N) is 2. The number of carbonyl (C=O) groups is 5. The van der Waals surface area contributed by atoms with E-state index in [1.54, 1.807) is 36.4 Å². The van der Waals surface area contributed by atoms with Crippen LogP contribution in [-0.4, -0.2) is 109 Å². The fraction of sp³-hybridized carbons (Fsp3) is 0.184. The third-order valence-electron chi connectivity index (χ3n) is 8.50. The van der Waals surface area contributed by atoms with Gasteiger partial charge in [0, 0.05) is 46.5 Å². The van der Waals surface area contributed by atoms with E-state index in [0.29, 0.717) is 39.0 Å². The number of hydrogen-bond acceptors (Lipinski definition) is 11. The van der Waals surface area contributed by atoms with Crippen LogP contribution in [0, 0.1) is 0 Å². The molecular formula is C38H33N4O13S-. The lowest BCUT2D eigenvalue weighted by Crippen LogP contribution is -2.50. The molecule has 17 nitrogen and oxygen atoms in total. The molecule has 0 saturated carbocycles. The van der Waals surface area contributed by atoms with Crippen molar-refractivity contribution in [2.24, 2.45) is 0 Å². The normalized spacial score (nSPS) is 11.8. The molecule has 5 rings (SSSR count). The van der Waals surface area contributed by atoms with Gasteiger partial charge in [0.05, 0.1) is 31.7 Å². The van der Waals surface area contributed by atoms with Crippen molar-refractivity contribution in [3.8, 4) is 28.2 Å². The Labute approximate surface area is 322 Å². The number of nitrogens with zero attached hydrogens (tertiary/aromatic N) is 2. The van der Waals surface area contributed by atoms with Gasteiger partial charge in [-0.2, -0.15) is 0 Å². The molecule has 1 aliphatic carbocycles. The molecule has 0 saturated heterocycles. The fourth-order valence-corrected chi connectivity index (χ4v) is 6.52. The number of benzene rings is 4. The summed E-state index contributed by atoms with van der Waals surface area (Å²) in [6, 6.07) is 18.4. The van der Waals surface area contributed by atoms with Crippen molar-refractivity contribution in [3.63, 3.8) is 0 Å². The molecular weight excluding hydrogens is 753 g/mol. The summed E-state index contributed by atoms with van der Waals surface area (Å²) in [5, 5.41) is 66.3. The Morgan fingerprint density at radius 1 is 0.714 bits per heavy atom. The number of fused-ring (bicyclic) bond motifs is 2. The van der Waals surface area contributed by atoms with Crippen LogP contribution in [-0.2, 0) is 25.6 Å². The number of thiocarbonyl (C=S) groups is 1. The summed E-state index contributed by atoms with van der Waals surface area (Å²) in [7, 11) is 0. The van der Waals surface area contributed by atoms with Gasteiger partial charge in [-0.25, -0.2) is 4.79 Å². The molecule has 3 aromatic carbocycles. The first-order valence-electron chi connectivity index (χ1n) is 16.6. The monoisotopic (exact) mass is 785 g/mol. The first-order chi connectivity index (χ1) is 26.6. The predicted molar refractivity (Wildman–Crippen MR) is 203 cm³/mol. The van der Waals surface area contributed by atoms with E-state index >= 15 is 0 Å². The van der Waals surface area contributed by atoms with Gasteiger partial charge in [-0.1, -0.05) is 30.3 Å². The van der Waals surface area contributed by atoms with Gasteiger partial charge in [0.25, 0.3) is 0 Å². The van der Waals surface area contributed by atoms with E-state index in [4.69, 9.17) is 16.6 Å². The molecule has 1 atom stereocenters. The standard InChI is InChI=1S/C38H34N4O13S/c43-24-6-9-27-30(13-24)55-31-14-25(44)7-10-28(31)36(27)26-8-5-22(12-29(26)37(53)54)40-38(56)39-21-3-1-20(2-4-21)11-23(42(18-34(49)50)19-35(51)52)15-41(16-32(45)46)17-33(47)48/h1-10,12-14,23,43H,11,15-19H2,(H,45,46)(H,47,48)(H,49,50)(H,51,52)(H,53,54)(H2,39,40,56)/p-1. The Balaban J connectivity index is 1.36. The Morgan fingerprint density at radius 3 is 1.91 bits per heavy atom. The van der Waals surface area contributed by atoms with Crippen LogP contribution in [0.4, 0.5) is 11.4 Å². The largest absolute Gasteiger partial charge is 0.872 e. The minimum Gasteiger partial charge on any atom is -0.872 e. The summed E-state index contributed by atoms with van der Waals surface area (Å²) < 4.78 is 5.84. The molecule has 290 valence electrons. The van der Waals surface area contributed by atoms with Crippen molar-refractivity contribution in [3.05, 3.63) is 100 Å². The van der Waals surface area contributed by atoms with Gasteiger partial charge in [0.2, 0.25) is 0 Å². The van der Waals surface area contributed by atoms with Crippen LogP contribution in [0.1, 0.15) is 15.9 Å². The van der Waals surface area contributed by atoms with Crippen molar-refractivity contribution >= 4 is 69.5 Å². The number of carboxylic acid groups (broad SMARTS) is 5. The van der Waals surface area contributed by atoms with Crippen molar-refractivity contribution < 1.29 is 59.0 Å². The van der Waals surface area contributed by atoms with Crippen LogP contribution >= 0.6 is 12.2 Å². The maximum atomic E-state index is 12.6. The van der Waals surface area contributed by atoms with Crippen LogP contribution < -0.4 is 21.2 Å². The SMILES string of the molecule is O=C(O)CN(CC(=O)O)CC(Cc1ccc(NC(=S)Nc2ccc(-c3c4ccc(=O)cc-4oc4cc([O-])ccc34)c(C(=O)O)c2)cc1)N(CC(=O)O)CC(=O)O. The molecule has 1 heterocycles. The molecule has 7 N–H and O–H groups in total. The number of aliphatic carboxylic acids is 4. The molecule has 1 unspecified atom stereocenters. The molecule has 0 spiro atoms. The Morgan fingerprint density at radius 2 is 1.30 bits per heavy atom. The lowest BCUT2D eigenvalue weighted by Gasteiger charge is -2.33. The van der Waals surface area contributed by atoms with Gasteiger partial charge >= 0.3 is 29.8 Å². The molecule has 3 aromatic rings. The molecule has 0 aromatic heterocycles. The molecule has 0 bridgehead atoms. The maximum Gasteiger partial charge on any atom is 0.336 e. The van der Waals surface area contributed by atoms with Crippen molar-refractivity contribution in [1.29, 1.82) is 0 Å². The summed E-state index contributed by atoms with van der Waals surface area (Å²) in [4.78, 5) is 72.9. The molecule has 0 amide bonds. The Kier molecular flexibility index (Phi) is 12.6. The number of rotatable bonds is 17. The van der Waals surface area contributed by atoms with Crippen LogP contribution in [0.25, 0.3) is 33.4 Å². The van der Waals surface area contributed by atoms with E-state index in [9.17, 15) is 59.4 Å². The first-order valence-corrected chi connectivity index (χ1v) is 17.0. The topological polar surface area (TPSA) is 270 Å². The van der Waals surface area contributed by atoms with Gasteiger partial charge in [-0.15, -0.1) is 5.75 Å². The minimum atomic E-state index is -1.33. The average molecular weight is 786 g/mol. The summed E-state index contributed by atoms with van der Waals surface area (Å²) in [6.07, 6.45) is 0.0276. The van der Waals surface area contributed by atoms with Gasteiger partial charge in [-0.3, -0.25) is 33.8 Å². The molecule has 0 fully saturated rings. The van der Waals surface area contributed by atoms with E-state index in [1.807, 2.05) is 0 Å². The van der Waals surface area contributed by atoms with E-state index in [-0.39, 0.29) is 46.2 Å². The second-order valence-electron chi connectivity index (χ2n) is 12.6. The van der Waals surface area contributed by atoms with Gasteiger partial charge in [0.1, 0.15) is 11.3 Å². The van der Waals surface area contributed by atoms with Crippen LogP contribution in [0.3, 0.4) is 0 Å². The highest BCUT2D eigenvalue weighted by Crippen LogP contribution is 2.42. The Hall–Kier alpha value is -6.89. The average Bonchev–Trinajstić information content (AvgIpc) is 3.09. The van der Waals surface area contributed by atoms with Crippen LogP contribution in [0.5, 0.6) is 5.75 Å². The van der Waals surface area contributed by atoms with E-state index in [1.165, 1.54) is 42.5 Å². The highest BCUT2D eigenvalue weighted by Gasteiger charge is 2.28. The van der Waals surface area contributed by atoms with Gasteiger partial charge in [0.15, 0.2) is 10.5 Å². The number of aromatic carboxylic acids is 1. The smallest absolute Gasteiger partial charge is 0.336 e. The number of anilines is 2. The molecule has 1 aliphatic heterocycles. The fourth-order valence-electron chi connectivity index (χ4n) is 6.28. The highest BCUT2D eigenvalue weighted by molar-refractivity contribution is 7.80. The molecule has 18 heteroatoms. The molecule has 2 aliphatic rings. The summed E-state index contributed by atoms with van der Waals surface area (Å²) in [5.41, 5.74) is 2.28. The van der Waals surface area contributed by atoms with E-state index in [0.717, 1.165) is 9.80 Å². The molecule has 0 radical (unpaired) electrons. The van der Waals surface area contributed by atoms with Crippen molar-refractivity contribution in [2.45, 2.75) is 12.5 Å². The lowest BCUT2D eigenvalue weighted by molar-refractivity contribution is -0.268. The predicted octanol–water partition coefficient (Wildman–Crippen LogP) is 3.00. The Bertz CT molecular complexity index is 2330. The van der Waals surface area contributed by atoms with Gasteiger partial charge < -0.3 is 45.7 Å². The number of carboxylic acids is 5. The maximum absolute atomic E-state index is 12.6. The third kappa shape index (κ3) is 10.4. The van der Waals surface area contributed by atoms with E-state index < -0.39 is 62.1 Å². The van der Waals surface area contributed by atoms with Crippen molar-refractivity contribution in [2.75, 3.05) is 43.4 Å². The highest BCUT2D eigenvalue weighted by atomic mass is 32.1. The second-order valence-corrected chi connectivity index (χ2v) is 13.1. The van der Waals surface area contributed by atoms with E-state index in [2.05, 4.69) is 10.6 Å². The summed E-state index contributed by atoms with van der Waals surface area (Å²) in [5.74, 6) is -6.74. The zero-order valence-electron chi connectivity index (χ0n) is 29.1. The summed E-state index contributed by atoms with van der Waals surface area (Å²) >= 11 is 5.48. The first kappa shape index (κ1) is 40.3. The van der Waals surface area contributed by atoms with Gasteiger partial charge in [-0.05, 0) is 72.2 Å². The van der Waals surface area contributed by atoms with Crippen molar-refractivity contribution in [1.82, 2.24) is 9.80 Å². The van der Waals surface area contributed by atoms with Crippen LogP contribution in [0.15, 0.2) is 88.1 Å². The summed E-state index contributed by atoms with van der Waals surface area (Å²) in [6.45, 7) is -3.02. The number of hydrogen-bond donors (Lipinski definition) is 7. The third-order valence-corrected chi connectivity index (χ3v) is 8.71.